The van der Waals surface area contributed by atoms with Crippen LogP contribution in [-0.2, 0) is 6.54 Å². The van der Waals surface area contributed by atoms with Gasteiger partial charge in [0.15, 0.2) is 33.4 Å². The summed E-state index contributed by atoms with van der Waals surface area (Å²) in [6.07, 6.45) is 5.57. The van der Waals surface area contributed by atoms with E-state index in [1.54, 1.807) is 12.1 Å². The molecule has 0 bridgehead atoms. The summed E-state index contributed by atoms with van der Waals surface area (Å²) >= 11 is 1.36. The van der Waals surface area contributed by atoms with Gasteiger partial charge in [0.2, 0.25) is 0 Å². The number of furan rings is 1. The van der Waals surface area contributed by atoms with E-state index in [0.717, 1.165) is 15.6 Å². The van der Waals surface area contributed by atoms with Crippen LogP contribution in [0.3, 0.4) is 0 Å². The van der Waals surface area contributed by atoms with Crippen LogP contribution in [0.2, 0.25) is 0 Å². The lowest BCUT2D eigenvalue weighted by atomic mass is 10.2. The summed E-state index contributed by atoms with van der Waals surface area (Å²) in [7, 11) is 0. The molecular formula is C23H18N2O5S. The summed E-state index contributed by atoms with van der Waals surface area (Å²) in [6.45, 7) is 3.64. The van der Waals surface area contributed by atoms with Crippen LogP contribution in [-0.4, -0.2) is 30.3 Å². The molecule has 2 aromatic carbocycles. The minimum atomic E-state index is -0.492. The maximum absolute atomic E-state index is 12.9. The summed E-state index contributed by atoms with van der Waals surface area (Å²) in [6, 6.07) is 11.0. The van der Waals surface area contributed by atoms with Gasteiger partial charge in [-0.1, -0.05) is 29.4 Å². The fourth-order valence-corrected chi connectivity index (χ4v) is 4.53. The molecule has 5 rings (SSSR count). The Bertz CT molecular complexity index is 1420. The zero-order valence-corrected chi connectivity index (χ0v) is 17.5. The standard InChI is InChI=1S/C23H18N2O5S/c1-3-8-25-15-12-17-18(29-10-9-28-17)13-20(15)31-23(25)24-22(26)19-11-14-6-5-7-16(27-4-2)21(14)30-19/h1,5-7,11-13H,4,8-10H2,2H3. The molecule has 0 saturated heterocycles. The van der Waals surface area contributed by atoms with E-state index in [4.69, 9.17) is 25.1 Å². The molecule has 0 radical (unpaired) electrons. The first-order valence-electron chi connectivity index (χ1n) is 9.79. The van der Waals surface area contributed by atoms with Crippen LogP contribution in [0.25, 0.3) is 21.2 Å². The van der Waals surface area contributed by atoms with Crippen molar-refractivity contribution in [3.05, 3.63) is 47.0 Å². The molecule has 1 aliphatic rings. The smallest absolute Gasteiger partial charge is 0.315 e. The molecule has 0 saturated carbocycles. The van der Waals surface area contributed by atoms with E-state index in [1.807, 2.05) is 35.8 Å². The van der Waals surface area contributed by atoms with Gasteiger partial charge in [0, 0.05) is 17.5 Å². The molecule has 0 spiro atoms. The van der Waals surface area contributed by atoms with E-state index in [9.17, 15) is 4.79 Å². The number of carbonyl (C=O) groups is 1. The average Bonchev–Trinajstić information content (AvgIpc) is 3.35. The van der Waals surface area contributed by atoms with Crippen molar-refractivity contribution in [3.8, 4) is 29.6 Å². The summed E-state index contributed by atoms with van der Waals surface area (Å²) in [5.41, 5.74) is 1.36. The van der Waals surface area contributed by atoms with Crippen molar-refractivity contribution in [2.45, 2.75) is 13.5 Å². The van der Waals surface area contributed by atoms with Gasteiger partial charge in [-0.15, -0.1) is 6.42 Å². The maximum Gasteiger partial charge on any atom is 0.315 e. The van der Waals surface area contributed by atoms with Gasteiger partial charge in [0.1, 0.15) is 13.2 Å². The molecule has 1 aliphatic heterocycles. The molecule has 0 N–H and O–H groups in total. The summed E-state index contributed by atoms with van der Waals surface area (Å²) in [5.74, 6) is 4.19. The van der Waals surface area contributed by atoms with Crippen molar-refractivity contribution in [1.82, 2.24) is 4.57 Å². The second-order valence-electron chi connectivity index (χ2n) is 6.77. The molecule has 4 aromatic rings. The molecule has 1 amide bonds. The van der Waals surface area contributed by atoms with Gasteiger partial charge in [-0.05, 0) is 19.1 Å². The first-order valence-corrected chi connectivity index (χ1v) is 10.6. The number of benzene rings is 2. The van der Waals surface area contributed by atoms with E-state index in [2.05, 4.69) is 10.9 Å². The molecule has 0 aliphatic carbocycles. The Kier molecular flexibility index (Phi) is 4.88. The number of nitrogens with zero attached hydrogens (tertiary/aromatic N) is 2. The van der Waals surface area contributed by atoms with Crippen molar-refractivity contribution < 1.29 is 23.4 Å². The number of fused-ring (bicyclic) bond motifs is 3. The van der Waals surface area contributed by atoms with E-state index in [1.165, 1.54) is 11.3 Å². The lowest BCUT2D eigenvalue weighted by molar-refractivity contribution is 0.0973. The Hall–Kier alpha value is -3.70. The zero-order chi connectivity index (χ0) is 21.4. The summed E-state index contributed by atoms with van der Waals surface area (Å²) in [4.78, 5) is 17.7. The number of hydrogen-bond acceptors (Lipinski definition) is 6. The number of aromatic nitrogens is 1. The number of terminal acetylenes is 1. The normalized spacial score (nSPS) is 13.5. The number of ether oxygens (including phenoxy) is 3. The Morgan fingerprint density at radius 3 is 2.84 bits per heavy atom. The third kappa shape index (κ3) is 3.43. The highest BCUT2D eigenvalue weighted by molar-refractivity contribution is 7.16. The topological polar surface area (TPSA) is 75.2 Å². The predicted octanol–water partition coefficient (Wildman–Crippen LogP) is 3.99. The number of para-hydroxylation sites is 1. The molecule has 0 atom stereocenters. The summed E-state index contributed by atoms with van der Waals surface area (Å²) < 4.78 is 25.4. The molecule has 8 heteroatoms. The van der Waals surface area contributed by atoms with Gasteiger partial charge < -0.3 is 23.2 Å². The third-order valence-electron chi connectivity index (χ3n) is 4.81. The van der Waals surface area contributed by atoms with Crippen molar-refractivity contribution in [2.75, 3.05) is 19.8 Å². The van der Waals surface area contributed by atoms with Crippen LogP contribution in [0.1, 0.15) is 17.5 Å². The highest BCUT2D eigenvalue weighted by Crippen LogP contribution is 2.35. The molecule has 31 heavy (non-hydrogen) atoms. The van der Waals surface area contributed by atoms with Crippen molar-refractivity contribution in [3.63, 3.8) is 0 Å². The number of thiazole rings is 1. The fourth-order valence-electron chi connectivity index (χ4n) is 3.49. The van der Waals surface area contributed by atoms with Gasteiger partial charge in [-0.2, -0.15) is 4.99 Å². The van der Waals surface area contributed by atoms with Gasteiger partial charge in [-0.3, -0.25) is 4.79 Å². The lowest BCUT2D eigenvalue weighted by Gasteiger charge is -2.18. The van der Waals surface area contributed by atoms with Crippen LogP contribution in [0.5, 0.6) is 17.2 Å². The average molecular weight is 434 g/mol. The van der Waals surface area contributed by atoms with Gasteiger partial charge in [-0.25, -0.2) is 0 Å². The Labute approximate surface area is 181 Å². The first-order chi connectivity index (χ1) is 15.2. The van der Waals surface area contributed by atoms with Gasteiger partial charge in [0.25, 0.3) is 0 Å². The minimum absolute atomic E-state index is 0.137. The quantitative estimate of drug-likeness (QED) is 0.454. The van der Waals surface area contributed by atoms with Crippen LogP contribution in [0.15, 0.2) is 45.8 Å². The van der Waals surface area contributed by atoms with Crippen LogP contribution in [0, 0.1) is 12.3 Å². The maximum atomic E-state index is 12.9. The SMILES string of the molecule is C#CCn1c(=NC(=O)c2cc3cccc(OCC)c3o2)sc2cc3c(cc21)OCCO3. The Balaban J connectivity index is 1.61. The van der Waals surface area contributed by atoms with E-state index in [0.29, 0.717) is 47.5 Å². The molecule has 156 valence electrons. The van der Waals surface area contributed by atoms with Crippen molar-refractivity contribution >= 4 is 38.4 Å². The number of carbonyl (C=O) groups excluding carboxylic acids is 1. The number of amides is 1. The summed E-state index contributed by atoms with van der Waals surface area (Å²) in [5, 5.41) is 0.777. The number of rotatable bonds is 4. The molecular weight excluding hydrogens is 416 g/mol. The van der Waals surface area contributed by atoms with E-state index >= 15 is 0 Å². The van der Waals surface area contributed by atoms with Gasteiger partial charge >= 0.3 is 5.91 Å². The lowest BCUT2D eigenvalue weighted by Crippen LogP contribution is -2.17. The molecule has 0 fully saturated rings. The highest BCUT2D eigenvalue weighted by atomic mass is 32.1. The van der Waals surface area contributed by atoms with Crippen molar-refractivity contribution in [2.24, 2.45) is 4.99 Å². The zero-order valence-electron chi connectivity index (χ0n) is 16.7. The first kappa shape index (κ1) is 19.3. The monoisotopic (exact) mass is 434 g/mol. The second-order valence-corrected chi connectivity index (χ2v) is 7.78. The van der Waals surface area contributed by atoms with Crippen molar-refractivity contribution in [1.29, 1.82) is 0 Å². The Morgan fingerprint density at radius 1 is 1.26 bits per heavy atom. The molecule has 7 nitrogen and oxygen atoms in total. The van der Waals surface area contributed by atoms with Crippen LogP contribution < -0.4 is 19.0 Å². The molecule has 2 aromatic heterocycles. The number of hydrogen-bond donors (Lipinski definition) is 0. The van der Waals surface area contributed by atoms with Crippen LogP contribution >= 0.6 is 11.3 Å². The van der Waals surface area contributed by atoms with E-state index < -0.39 is 5.91 Å². The fraction of sp³-hybridized carbons (Fsp3) is 0.217. The minimum Gasteiger partial charge on any atom is -0.490 e. The Morgan fingerprint density at radius 2 is 2.06 bits per heavy atom. The molecule has 3 heterocycles. The van der Waals surface area contributed by atoms with E-state index in [-0.39, 0.29) is 12.3 Å². The van der Waals surface area contributed by atoms with Crippen LogP contribution in [0.4, 0.5) is 0 Å². The second kappa shape index (κ2) is 7.85. The molecule has 0 unspecified atom stereocenters. The van der Waals surface area contributed by atoms with Gasteiger partial charge in [0.05, 0.1) is 23.4 Å². The highest BCUT2D eigenvalue weighted by Gasteiger charge is 2.18. The third-order valence-corrected chi connectivity index (χ3v) is 5.85. The predicted molar refractivity (Wildman–Crippen MR) is 117 cm³/mol. The largest absolute Gasteiger partial charge is 0.490 e.